The maximum absolute atomic E-state index is 12.3. The third kappa shape index (κ3) is 4.43. The molecule has 0 radical (unpaired) electrons. The molecule has 7 nitrogen and oxygen atoms in total. The number of methoxy groups -OCH3 is 2. The van der Waals surface area contributed by atoms with Gasteiger partial charge in [0.1, 0.15) is 23.1 Å². The van der Waals surface area contributed by atoms with E-state index in [-0.39, 0.29) is 28.3 Å². The zero-order chi connectivity index (χ0) is 19.1. The van der Waals surface area contributed by atoms with Crippen molar-refractivity contribution in [3.8, 4) is 17.6 Å². The number of hydrogen-bond acceptors (Lipinski definition) is 6. The van der Waals surface area contributed by atoms with Gasteiger partial charge in [0.25, 0.3) is 5.91 Å². The summed E-state index contributed by atoms with van der Waals surface area (Å²) in [6.45, 7) is -0.558. The second-order valence-corrected chi connectivity index (χ2v) is 5.40. The highest BCUT2D eigenvalue weighted by Crippen LogP contribution is 2.29. The maximum Gasteiger partial charge on any atom is 0.346 e. The van der Waals surface area contributed by atoms with Gasteiger partial charge in [-0.1, -0.05) is 17.7 Å². The number of halogens is 1. The summed E-state index contributed by atoms with van der Waals surface area (Å²) in [4.78, 5) is 24.3. The van der Waals surface area contributed by atoms with Crippen LogP contribution in [0.5, 0.6) is 11.5 Å². The molecule has 0 unspecified atom stereocenters. The number of hydrogen-bond donors (Lipinski definition) is 1. The molecule has 0 aliphatic heterocycles. The lowest BCUT2D eigenvalue weighted by Gasteiger charge is -2.12. The van der Waals surface area contributed by atoms with Gasteiger partial charge in [-0.3, -0.25) is 4.79 Å². The summed E-state index contributed by atoms with van der Waals surface area (Å²) in [5.74, 6) is -0.875. The number of benzene rings is 2. The smallest absolute Gasteiger partial charge is 0.346 e. The summed E-state index contributed by atoms with van der Waals surface area (Å²) in [6, 6.07) is 11.2. The molecule has 26 heavy (non-hydrogen) atoms. The van der Waals surface area contributed by atoms with E-state index < -0.39 is 18.5 Å². The molecule has 1 N–H and O–H groups in total. The zero-order valence-corrected chi connectivity index (χ0v) is 14.8. The Morgan fingerprint density at radius 3 is 2.38 bits per heavy atom. The number of esters is 1. The number of rotatable bonds is 6. The van der Waals surface area contributed by atoms with Crippen LogP contribution >= 0.6 is 11.6 Å². The normalized spacial score (nSPS) is 9.77. The number of anilines is 1. The molecule has 1 amide bonds. The molecule has 0 atom stereocenters. The van der Waals surface area contributed by atoms with Crippen molar-refractivity contribution in [2.75, 3.05) is 26.1 Å². The number of amides is 1. The molecule has 0 aromatic heterocycles. The van der Waals surface area contributed by atoms with Crippen LogP contribution in [0.15, 0.2) is 36.4 Å². The highest BCUT2D eigenvalue weighted by atomic mass is 35.5. The van der Waals surface area contributed by atoms with E-state index >= 15 is 0 Å². The van der Waals surface area contributed by atoms with Gasteiger partial charge in [0.2, 0.25) is 0 Å². The van der Waals surface area contributed by atoms with Crippen molar-refractivity contribution in [2.45, 2.75) is 0 Å². The highest BCUT2D eigenvalue weighted by molar-refractivity contribution is 6.31. The molecule has 2 rings (SSSR count). The monoisotopic (exact) mass is 374 g/mol. The van der Waals surface area contributed by atoms with Gasteiger partial charge in [-0.05, 0) is 30.3 Å². The van der Waals surface area contributed by atoms with E-state index in [9.17, 15) is 9.59 Å². The zero-order valence-electron chi connectivity index (χ0n) is 14.0. The molecule has 0 bridgehead atoms. The standard InChI is InChI=1S/C18H15ClN2O5/c1-24-14-4-3-5-15(25-2)17(14)18(23)26-10-16(22)21-13-8-12(19)7-6-11(13)9-20/h3-8H,10H2,1-2H3,(H,21,22). The van der Waals surface area contributed by atoms with Crippen molar-refractivity contribution in [3.05, 3.63) is 52.5 Å². The second-order valence-electron chi connectivity index (χ2n) is 4.96. The SMILES string of the molecule is COc1cccc(OC)c1C(=O)OCC(=O)Nc1cc(Cl)ccc1C#N. The topological polar surface area (TPSA) is 97.7 Å². The molecule has 8 heteroatoms. The fourth-order valence-electron chi connectivity index (χ4n) is 2.16. The van der Waals surface area contributed by atoms with Crippen LogP contribution in [0, 0.1) is 11.3 Å². The lowest BCUT2D eigenvalue weighted by molar-refractivity contribution is -0.119. The molecular weight excluding hydrogens is 360 g/mol. The van der Waals surface area contributed by atoms with E-state index in [1.807, 2.05) is 6.07 Å². The summed E-state index contributed by atoms with van der Waals surface area (Å²) in [5, 5.41) is 11.9. The molecule has 0 heterocycles. The minimum Gasteiger partial charge on any atom is -0.496 e. The van der Waals surface area contributed by atoms with Crippen LogP contribution in [-0.4, -0.2) is 32.7 Å². The quantitative estimate of drug-likeness (QED) is 0.780. The van der Waals surface area contributed by atoms with Crippen molar-refractivity contribution >= 4 is 29.2 Å². The van der Waals surface area contributed by atoms with Gasteiger partial charge in [-0.15, -0.1) is 0 Å². The second kappa shape index (κ2) is 8.74. The Morgan fingerprint density at radius 1 is 1.15 bits per heavy atom. The molecular formula is C18H15ClN2O5. The Balaban J connectivity index is 2.08. The Hall–Kier alpha value is -3.24. The first-order chi connectivity index (χ1) is 12.5. The molecule has 0 aliphatic rings. The van der Waals surface area contributed by atoms with Crippen LogP contribution in [0.2, 0.25) is 5.02 Å². The number of nitrogens with zero attached hydrogens (tertiary/aromatic N) is 1. The molecule has 0 saturated heterocycles. The predicted octanol–water partition coefficient (Wildman–Crippen LogP) is 3.02. The Kier molecular flexibility index (Phi) is 6.42. The van der Waals surface area contributed by atoms with Gasteiger partial charge in [0, 0.05) is 5.02 Å². The number of carbonyl (C=O) groups excluding carboxylic acids is 2. The van der Waals surface area contributed by atoms with Gasteiger partial charge in [0.05, 0.1) is 25.5 Å². The van der Waals surface area contributed by atoms with Crippen LogP contribution in [0.3, 0.4) is 0 Å². The maximum atomic E-state index is 12.3. The highest BCUT2D eigenvalue weighted by Gasteiger charge is 2.20. The lowest BCUT2D eigenvalue weighted by Crippen LogP contribution is -2.22. The van der Waals surface area contributed by atoms with Gasteiger partial charge < -0.3 is 19.5 Å². The van der Waals surface area contributed by atoms with Crippen molar-refractivity contribution in [1.82, 2.24) is 0 Å². The number of nitriles is 1. The van der Waals surface area contributed by atoms with Crippen LogP contribution in [0.25, 0.3) is 0 Å². The lowest BCUT2D eigenvalue weighted by atomic mass is 10.2. The first kappa shape index (κ1) is 19.1. The summed E-state index contributed by atoms with van der Waals surface area (Å²) in [7, 11) is 2.81. The Labute approximate surface area is 155 Å². The van der Waals surface area contributed by atoms with E-state index in [0.717, 1.165) is 0 Å². The minimum absolute atomic E-state index is 0.0748. The largest absolute Gasteiger partial charge is 0.496 e. The van der Waals surface area contributed by atoms with E-state index in [4.69, 9.17) is 31.1 Å². The fraction of sp³-hybridized carbons (Fsp3) is 0.167. The van der Waals surface area contributed by atoms with E-state index in [0.29, 0.717) is 5.02 Å². The molecule has 134 valence electrons. The average molecular weight is 375 g/mol. The number of nitrogens with one attached hydrogen (secondary N) is 1. The van der Waals surface area contributed by atoms with Crippen molar-refractivity contribution in [1.29, 1.82) is 5.26 Å². The van der Waals surface area contributed by atoms with E-state index in [1.165, 1.54) is 32.4 Å². The molecule has 0 aliphatic carbocycles. The Bertz CT molecular complexity index is 854. The Morgan fingerprint density at radius 2 is 1.81 bits per heavy atom. The summed E-state index contributed by atoms with van der Waals surface area (Å²) >= 11 is 5.86. The van der Waals surface area contributed by atoms with Crippen LogP contribution in [0.4, 0.5) is 5.69 Å². The molecule has 2 aromatic rings. The molecule has 2 aromatic carbocycles. The third-order valence-corrected chi connectivity index (χ3v) is 3.58. The molecule has 0 spiro atoms. The minimum atomic E-state index is -0.777. The van der Waals surface area contributed by atoms with E-state index in [1.54, 1.807) is 18.2 Å². The summed E-state index contributed by atoms with van der Waals surface area (Å²) in [5.41, 5.74) is 0.544. The molecule has 0 fully saturated rings. The molecule has 0 saturated carbocycles. The van der Waals surface area contributed by atoms with Gasteiger partial charge in [0.15, 0.2) is 6.61 Å². The van der Waals surface area contributed by atoms with Crippen molar-refractivity contribution < 1.29 is 23.8 Å². The van der Waals surface area contributed by atoms with Gasteiger partial charge >= 0.3 is 5.97 Å². The van der Waals surface area contributed by atoms with Crippen molar-refractivity contribution in [3.63, 3.8) is 0 Å². The first-order valence-corrected chi connectivity index (χ1v) is 7.75. The van der Waals surface area contributed by atoms with Crippen molar-refractivity contribution in [2.24, 2.45) is 0 Å². The number of carbonyl (C=O) groups is 2. The predicted molar refractivity (Wildman–Crippen MR) is 94.6 cm³/mol. The average Bonchev–Trinajstić information content (AvgIpc) is 2.65. The third-order valence-electron chi connectivity index (χ3n) is 3.34. The van der Waals surface area contributed by atoms with Crippen LogP contribution in [-0.2, 0) is 9.53 Å². The fourth-order valence-corrected chi connectivity index (χ4v) is 2.33. The van der Waals surface area contributed by atoms with Gasteiger partial charge in [-0.25, -0.2) is 4.79 Å². The van der Waals surface area contributed by atoms with E-state index in [2.05, 4.69) is 5.32 Å². The summed E-state index contributed by atoms with van der Waals surface area (Å²) in [6.07, 6.45) is 0. The number of ether oxygens (including phenoxy) is 3. The first-order valence-electron chi connectivity index (χ1n) is 7.37. The van der Waals surface area contributed by atoms with Crippen LogP contribution < -0.4 is 14.8 Å². The summed E-state index contributed by atoms with van der Waals surface area (Å²) < 4.78 is 15.3. The van der Waals surface area contributed by atoms with Gasteiger partial charge in [-0.2, -0.15) is 5.26 Å². The van der Waals surface area contributed by atoms with Crippen LogP contribution in [0.1, 0.15) is 15.9 Å².